The molecule has 0 aliphatic rings. The molecule has 0 amide bonds. The molecular weight excluding hydrogens is 518 g/mol. The van der Waals surface area contributed by atoms with Crippen molar-refractivity contribution in [1.29, 1.82) is 0 Å². The molecule has 8 heteroatoms. The SMILES string of the molecule is C=C(C)CN=c1scc(-c2ccccc2OC)n1N=Cc1cc(Br)cc(Br)c1O. The van der Waals surface area contributed by atoms with Gasteiger partial charge in [-0.25, -0.2) is 4.68 Å². The largest absolute Gasteiger partial charge is 0.506 e. The minimum absolute atomic E-state index is 0.118. The first-order valence-corrected chi connectivity index (χ1v) is 11.1. The first kappa shape index (κ1) is 21.5. The molecule has 0 saturated carbocycles. The molecule has 0 saturated heterocycles. The summed E-state index contributed by atoms with van der Waals surface area (Å²) in [7, 11) is 1.64. The van der Waals surface area contributed by atoms with Crippen molar-refractivity contribution < 1.29 is 9.84 Å². The predicted octanol–water partition coefficient (Wildman–Crippen LogP) is 5.81. The second-order valence-corrected chi connectivity index (χ2v) is 8.87. The number of para-hydroxylation sites is 1. The van der Waals surface area contributed by atoms with Gasteiger partial charge in [0.15, 0.2) is 0 Å². The summed E-state index contributed by atoms with van der Waals surface area (Å²) in [6.45, 7) is 6.36. The van der Waals surface area contributed by atoms with Gasteiger partial charge in [0, 0.05) is 21.0 Å². The van der Waals surface area contributed by atoms with Gasteiger partial charge in [-0.2, -0.15) is 5.10 Å². The molecule has 29 heavy (non-hydrogen) atoms. The Morgan fingerprint density at radius 1 is 1.31 bits per heavy atom. The molecule has 0 bridgehead atoms. The molecule has 0 radical (unpaired) electrons. The van der Waals surface area contributed by atoms with E-state index in [0.717, 1.165) is 31.9 Å². The fourth-order valence-electron chi connectivity index (χ4n) is 2.57. The predicted molar refractivity (Wildman–Crippen MR) is 126 cm³/mol. The summed E-state index contributed by atoms with van der Waals surface area (Å²) >= 11 is 8.27. The Labute approximate surface area is 190 Å². The number of benzene rings is 2. The number of halogens is 2. The van der Waals surface area contributed by atoms with E-state index in [1.54, 1.807) is 30.1 Å². The lowest BCUT2D eigenvalue weighted by Gasteiger charge is -2.09. The molecule has 0 atom stereocenters. The summed E-state index contributed by atoms with van der Waals surface area (Å²) in [5.74, 6) is 0.862. The molecule has 1 heterocycles. The van der Waals surface area contributed by atoms with Crippen LogP contribution in [-0.2, 0) is 0 Å². The Bertz CT molecular complexity index is 1150. The minimum Gasteiger partial charge on any atom is -0.506 e. The van der Waals surface area contributed by atoms with E-state index in [0.29, 0.717) is 16.6 Å². The first-order chi connectivity index (χ1) is 13.9. The van der Waals surface area contributed by atoms with Crippen LogP contribution in [0.2, 0.25) is 0 Å². The summed E-state index contributed by atoms with van der Waals surface area (Å²) in [6.07, 6.45) is 1.61. The van der Waals surface area contributed by atoms with E-state index in [-0.39, 0.29) is 5.75 Å². The third-order valence-corrected chi connectivity index (χ3v) is 5.84. The van der Waals surface area contributed by atoms with E-state index >= 15 is 0 Å². The highest BCUT2D eigenvalue weighted by molar-refractivity contribution is 9.11. The highest BCUT2D eigenvalue weighted by atomic mass is 79.9. The van der Waals surface area contributed by atoms with Gasteiger partial charge in [0.05, 0.1) is 30.0 Å². The highest BCUT2D eigenvalue weighted by Gasteiger charge is 2.12. The van der Waals surface area contributed by atoms with E-state index in [4.69, 9.17) is 4.74 Å². The van der Waals surface area contributed by atoms with Gasteiger partial charge < -0.3 is 9.84 Å². The van der Waals surface area contributed by atoms with E-state index in [1.165, 1.54) is 11.3 Å². The molecule has 0 fully saturated rings. The third kappa shape index (κ3) is 5.07. The Morgan fingerprint density at radius 3 is 2.79 bits per heavy atom. The molecule has 150 valence electrons. The maximum atomic E-state index is 10.3. The monoisotopic (exact) mass is 535 g/mol. The Hall–Kier alpha value is -2.16. The van der Waals surface area contributed by atoms with Crippen molar-refractivity contribution in [1.82, 2.24) is 4.68 Å². The van der Waals surface area contributed by atoms with Crippen molar-refractivity contribution in [2.75, 3.05) is 13.7 Å². The second kappa shape index (κ2) is 9.56. The number of aromatic nitrogens is 1. The summed E-state index contributed by atoms with van der Waals surface area (Å²) in [4.78, 5) is 5.34. The lowest BCUT2D eigenvalue weighted by atomic mass is 10.1. The molecule has 0 aliphatic carbocycles. The lowest BCUT2D eigenvalue weighted by molar-refractivity contribution is 0.416. The van der Waals surface area contributed by atoms with Crippen molar-refractivity contribution in [3.05, 3.63) is 73.2 Å². The molecular formula is C21H19Br2N3O2S. The van der Waals surface area contributed by atoms with Crippen molar-refractivity contribution in [2.45, 2.75) is 6.92 Å². The van der Waals surface area contributed by atoms with E-state index < -0.39 is 0 Å². The van der Waals surface area contributed by atoms with Crippen LogP contribution in [0.5, 0.6) is 11.5 Å². The van der Waals surface area contributed by atoms with E-state index in [1.807, 2.05) is 36.6 Å². The topological polar surface area (TPSA) is 59.1 Å². The van der Waals surface area contributed by atoms with Crippen LogP contribution in [0.25, 0.3) is 11.3 Å². The van der Waals surface area contributed by atoms with E-state index in [9.17, 15) is 5.11 Å². The quantitative estimate of drug-likeness (QED) is 0.319. The third-order valence-electron chi connectivity index (χ3n) is 3.92. The molecule has 0 unspecified atom stereocenters. The molecule has 2 aromatic carbocycles. The van der Waals surface area contributed by atoms with Crippen LogP contribution >= 0.6 is 43.2 Å². The normalized spacial score (nSPS) is 11.9. The molecule has 1 N–H and O–H groups in total. The van der Waals surface area contributed by atoms with Crippen LogP contribution in [0.3, 0.4) is 0 Å². The second-order valence-electron chi connectivity index (χ2n) is 6.26. The molecule has 3 rings (SSSR count). The zero-order valence-electron chi connectivity index (χ0n) is 15.9. The van der Waals surface area contributed by atoms with Crippen LogP contribution in [0.4, 0.5) is 0 Å². The maximum absolute atomic E-state index is 10.3. The van der Waals surface area contributed by atoms with Crippen LogP contribution in [0, 0.1) is 0 Å². The molecule has 1 aromatic heterocycles. The number of phenolic OH excluding ortho intramolecular Hbond substituents is 1. The number of methoxy groups -OCH3 is 1. The zero-order valence-corrected chi connectivity index (χ0v) is 19.9. The summed E-state index contributed by atoms with van der Waals surface area (Å²) in [5.41, 5.74) is 3.28. The lowest BCUT2D eigenvalue weighted by Crippen LogP contribution is -2.13. The maximum Gasteiger partial charge on any atom is 0.206 e. The summed E-state index contributed by atoms with van der Waals surface area (Å²) < 4.78 is 8.68. The Kier molecular flexibility index (Phi) is 7.10. The highest BCUT2D eigenvalue weighted by Crippen LogP contribution is 2.32. The van der Waals surface area contributed by atoms with Gasteiger partial charge in [-0.3, -0.25) is 4.99 Å². The summed E-state index contributed by atoms with van der Waals surface area (Å²) in [5, 5.41) is 17.0. The number of phenols is 1. The minimum atomic E-state index is 0.118. The van der Waals surface area contributed by atoms with Gasteiger partial charge in [-0.1, -0.05) is 40.2 Å². The zero-order chi connectivity index (χ0) is 21.0. The van der Waals surface area contributed by atoms with Crippen LogP contribution in [-0.4, -0.2) is 29.7 Å². The Morgan fingerprint density at radius 2 is 2.07 bits per heavy atom. The van der Waals surface area contributed by atoms with Gasteiger partial charge in [0.25, 0.3) is 0 Å². The van der Waals surface area contributed by atoms with Crippen LogP contribution < -0.4 is 9.54 Å². The number of ether oxygens (including phenoxy) is 1. The van der Waals surface area contributed by atoms with Gasteiger partial charge >= 0.3 is 0 Å². The van der Waals surface area contributed by atoms with Crippen molar-refractivity contribution in [3.63, 3.8) is 0 Å². The first-order valence-electron chi connectivity index (χ1n) is 8.62. The van der Waals surface area contributed by atoms with Gasteiger partial charge in [-0.05, 0) is 47.1 Å². The number of thiazole rings is 1. The number of rotatable bonds is 6. The number of hydrogen-bond acceptors (Lipinski definition) is 5. The van der Waals surface area contributed by atoms with E-state index in [2.05, 4.69) is 48.5 Å². The van der Waals surface area contributed by atoms with Gasteiger partial charge in [-0.15, -0.1) is 11.3 Å². The average molecular weight is 537 g/mol. The van der Waals surface area contributed by atoms with Crippen molar-refractivity contribution >= 4 is 49.4 Å². The number of aromatic hydroxyl groups is 1. The number of hydrogen-bond donors (Lipinski definition) is 1. The summed E-state index contributed by atoms with van der Waals surface area (Å²) in [6, 6.07) is 11.3. The molecule has 0 spiro atoms. The molecule has 3 aromatic rings. The standard InChI is InChI=1S/C21H19Br2N3O2S/c1-13(2)10-24-21-26(25-11-14-8-15(22)9-17(23)20(14)27)18(12-29-21)16-6-4-5-7-19(16)28-3/h4-9,11-12,27H,1,10H2,2-3H3. The van der Waals surface area contributed by atoms with Gasteiger partial charge in [0.2, 0.25) is 4.80 Å². The fourth-order valence-corrected chi connectivity index (χ4v) is 4.65. The van der Waals surface area contributed by atoms with Crippen LogP contribution in [0.1, 0.15) is 12.5 Å². The smallest absolute Gasteiger partial charge is 0.206 e. The number of nitrogens with zero attached hydrogens (tertiary/aromatic N) is 3. The molecule has 0 aliphatic heterocycles. The van der Waals surface area contributed by atoms with Crippen LogP contribution in [0.15, 0.2) is 73.0 Å². The van der Waals surface area contributed by atoms with Gasteiger partial charge in [0.1, 0.15) is 11.5 Å². The van der Waals surface area contributed by atoms with Crippen molar-refractivity contribution in [3.8, 4) is 22.8 Å². The van der Waals surface area contributed by atoms with Crippen molar-refractivity contribution in [2.24, 2.45) is 10.1 Å². The molecule has 5 nitrogen and oxygen atoms in total. The average Bonchev–Trinajstić information content (AvgIpc) is 3.10. The Balaban J connectivity index is 2.16. The fraction of sp³-hybridized carbons (Fsp3) is 0.143.